The summed E-state index contributed by atoms with van der Waals surface area (Å²) in [7, 11) is 0. The fourth-order valence-electron chi connectivity index (χ4n) is 2.70. The van der Waals surface area contributed by atoms with Crippen LogP contribution in [0.2, 0.25) is 0 Å². The van der Waals surface area contributed by atoms with E-state index in [1.54, 1.807) is 0 Å². The lowest BCUT2D eigenvalue weighted by molar-refractivity contribution is -0.0399. The highest BCUT2D eigenvalue weighted by atomic mass is 32.1. The number of halogens is 2. The van der Waals surface area contributed by atoms with Crippen molar-refractivity contribution < 1.29 is 13.6 Å². The topological polar surface area (TPSA) is 55.1 Å². The van der Waals surface area contributed by atoms with Crippen LogP contribution < -0.4 is 11.1 Å². The van der Waals surface area contributed by atoms with Gasteiger partial charge in [0.25, 0.3) is 5.91 Å². The monoisotopic (exact) mass is 300 g/mol. The molecule has 1 heterocycles. The maximum atomic E-state index is 13.1. The standard InChI is InChI=1S/C14H18F2N2OS/c15-14(16)3-1-9(2-4-14)18-13(19)12-5-8(7-20-12)10-6-11(10)17/h5,7,9-11H,1-4,6,17H2,(H,18,19)/t10-,11+/m0/s1. The minimum atomic E-state index is -2.56. The third kappa shape index (κ3) is 3.01. The summed E-state index contributed by atoms with van der Waals surface area (Å²) < 4.78 is 26.1. The Kier molecular flexibility index (Phi) is 3.54. The zero-order valence-electron chi connectivity index (χ0n) is 11.1. The minimum absolute atomic E-state index is 0.129. The van der Waals surface area contributed by atoms with Crippen LogP contribution in [0.5, 0.6) is 0 Å². The molecule has 2 atom stereocenters. The molecule has 3 nitrogen and oxygen atoms in total. The Morgan fingerprint density at radius 1 is 1.40 bits per heavy atom. The van der Waals surface area contributed by atoms with Gasteiger partial charge in [-0.05, 0) is 36.3 Å². The zero-order valence-corrected chi connectivity index (χ0v) is 11.9. The Hall–Kier alpha value is -1.01. The van der Waals surface area contributed by atoms with Crippen LogP contribution in [0, 0.1) is 0 Å². The fraction of sp³-hybridized carbons (Fsp3) is 0.643. The molecule has 1 amide bonds. The van der Waals surface area contributed by atoms with Crippen molar-refractivity contribution in [3.8, 4) is 0 Å². The van der Waals surface area contributed by atoms with Gasteiger partial charge in [-0.15, -0.1) is 11.3 Å². The van der Waals surface area contributed by atoms with E-state index in [9.17, 15) is 13.6 Å². The quantitative estimate of drug-likeness (QED) is 0.902. The van der Waals surface area contributed by atoms with Gasteiger partial charge >= 0.3 is 0 Å². The smallest absolute Gasteiger partial charge is 0.261 e. The molecular weight excluding hydrogens is 282 g/mol. The number of hydrogen-bond acceptors (Lipinski definition) is 3. The van der Waals surface area contributed by atoms with E-state index in [2.05, 4.69) is 5.32 Å². The number of alkyl halides is 2. The number of carbonyl (C=O) groups is 1. The Bertz CT molecular complexity index is 507. The Labute approximate surface area is 120 Å². The summed E-state index contributed by atoms with van der Waals surface area (Å²) in [5.41, 5.74) is 6.92. The number of hydrogen-bond donors (Lipinski definition) is 2. The molecule has 0 spiro atoms. The molecule has 20 heavy (non-hydrogen) atoms. The molecule has 2 saturated carbocycles. The fourth-order valence-corrected chi connectivity index (χ4v) is 3.58. The Morgan fingerprint density at radius 2 is 2.05 bits per heavy atom. The lowest BCUT2D eigenvalue weighted by Gasteiger charge is -2.28. The van der Waals surface area contributed by atoms with Crippen LogP contribution in [0.3, 0.4) is 0 Å². The van der Waals surface area contributed by atoms with Crippen molar-refractivity contribution in [3.63, 3.8) is 0 Å². The lowest BCUT2D eigenvalue weighted by Crippen LogP contribution is -2.40. The molecule has 0 unspecified atom stereocenters. The highest BCUT2D eigenvalue weighted by molar-refractivity contribution is 7.12. The molecule has 0 saturated heterocycles. The van der Waals surface area contributed by atoms with Crippen molar-refractivity contribution in [1.29, 1.82) is 0 Å². The number of nitrogens with two attached hydrogens (primary N) is 1. The molecule has 0 bridgehead atoms. The lowest BCUT2D eigenvalue weighted by atomic mass is 9.92. The van der Waals surface area contributed by atoms with Gasteiger partial charge in [0.15, 0.2) is 0 Å². The molecule has 1 aromatic heterocycles. The summed E-state index contributed by atoms with van der Waals surface area (Å²) in [6.07, 6.45) is 1.42. The predicted molar refractivity (Wildman–Crippen MR) is 74.3 cm³/mol. The van der Waals surface area contributed by atoms with Gasteiger partial charge in [-0.2, -0.15) is 0 Å². The van der Waals surface area contributed by atoms with Crippen molar-refractivity contribution >= 4 is 17.2 Å². The van der Waals surface area contributed by atoms with Gasteiger partial charge in [0, 0.05) is 30.8 Å². The molecule has 1 aromatic rings. The van der Waals surface area contributed by atoms with Gasteiger partial charge in [0.2, 0.25) is 5.92 Å². The van der Waals surface area contributed by atoms with Crippen LogP contribution in [-0.4, -0.2) is 23.9 Å². The van der Waals surface area contributed by atoms with E-state index in [-0.39, 0.29) is 30.8 Å². The first-order chi connectivity index (χ1) is 9.44. The first-order valence-corrected chi connectivity index (χ1v) is 7.85. The van der Waals surface area contributed by atoms with Crippen LogP contribution in [0.15, 0.2) is 11.4 Å². The molecule has 0 aliphatic heterocycles. The van der Waals surface area contributed by atoms with E-state index < -0.39 is 5.92 Å². The second-order valence-corrected chi connectivity index (χ2v) is 6.77. The van der Waals surface area contributed by atoms with E-state index >= 15 is 0 Å². The summed E-state index contributed by atoms with van der Waals surface area (Å²) in [5, 5.41) is 4.84. The first-order valence-electron chi connectivity index (χ1n) is 6.97. The largest absolute Gasteiger partial charge is 0.349 e. The highest BCUT2D eigenvalue weighted by Gasteiger charge is 2.37. The SMILES string of the molecule is N[C@@H]1C[C@H]1c1csc(C(=O)NC2CCC(F)(F)CC2)c1. The number of carbonyl (C=O) groups excluding carboxylic acids is 1. The van der Waals surface area contributed by atoms with Crippen molar-refractivity contribution in [1.82, 2.24) is 5.32 Å². The number of rotatable bonds is 3. The maximum Gasteiger partial charge on any atom is 0.261 e. The van der Waals surface area contributed by atoms with Gasteiger partial charge in [-0.25, -0.2) is 8.78 Å². The first kappa shape index (κ1) is 13.9. The second kappa shape index (κ2) is 5.07. The van der Waals surface area contributed by atoms with Gasteiger partial charge in [0.05, 0.1) is 4.88 Å². The van der Waals surface area contributed by atoms with Crippen LogP contribution in [0.1, 0.15) is 53.3 Å². The third-order valence-electron chi connectivity index (χ3n) is 4.16. The molecular formula is C14H18F2N2OS. The van der Waals surface area contributed by atoms with Crippen molar-refractivity contribution in [2.75, 3.05) is 0 Å². The zero-order chi connectivity index (χ0) is 14.3. The molecule has 110 valence electrons. The predicted octanol–water partition coefficient (Wildman–Crippen LogP) is 2.87. The molecule has 2 aliphatic carbocycles. The van der Waals surface area contributed by atoms with E-state index in [1.165, 1.54) is 11.3 Å². The van der Waals surface area contributed by atoms with Crippen molar-refractivity contribution in [2.45, 2.75) is 56.0 Å². The summed E-state index contributed by atoms with van der Waals surface area (Å²) in [4.78, 5) is 12.7. The second-order valence-electron chi connectivity index (χ2n) is 5.85. The Morgan fingerprint density at radius 3 is 2.65 bits per heavy atom. The average Bonchev–Trinajstić information content (AvgIpc) is 2.92. The summed E-state index contributed by atoms with van der Waals surface area (Å²) in [6.45, 7) is 0. The molecule has 6 heteroatoms. The molecule has 3 N–H and O–H groups in total. The van der Waals surface area contributed by atoms with E-state index in [0.717, 1.165) is 12.0 Å². The average molecular weight is 300 g/mol. The van der Waals surface area contributed by atoms with E-state index in [0.29, 0.717) is 23.6 Å². The van der Waals surface area contributed by atoms with Gasteiger partial charge in [0.1, 0.15) is 0 Å². The Balaban J connectivity index is 1.55. The number of amides is 1. The summed E-state index contributed by atoms with van der Waals surface area (Å²) in [5.74, 6) is -2.31. The molecule has 3 rings (SSSR count). The normalized spacial score (nSPS) is 29.1. The minimum Gasteiger partial charge on any atom is -0.349 e. The maximum absolute atomic E-state index is 13.1. The highest BCUT2D eigenvalue weighted by Crippen LogP contribution is 2.40. The van der Waals surface area contributed by atoms with Gasteiger partial charge in [-0.3, -0.25) is 4.79 Å². The van der Waals surface area contributed by atoms with E-state index in [1.807, 2.05) is 11.4 Å². The van der Waals surface area contributed by atoms with Crippen molar-refractivity contribution in [2.24, 2.45) is 5.73 Å². The summed E-state index contributed by atoms with van der Waals surface area (Å²) in [6, 6.07) is 1.98. The van der Waals surface area contributed by atoms with Crippen LogP contribution in [0.25, 0.3) is 0 Å². The van der Waals surface area contributed by atoms with Crippen LogP contribution >= 0.6 is 11.3 Å². The number of thiophene rings is 1. The molecule has 0 aromatic carbocycles. The van der Waals surface area contributed by atoms with Crippen molar-refractivity contribution in [3.05, 3.63) is 21.9 Å². The molecule has 2 fully saturated rings. The van der Waals surface area contributed by atoms with Crippen LogP contribution in [-0.2, 0) is 0 Å². The van der Waals surface area contributed by atoms with Crippen LogP contribution in [0.4, 0.5) is 8.78 Å². The van der Waals surface area contributed by atoms with E-state index in [4.69, 9.17) is 5.73 Å². The van der Waals surface area contributed by atoms with Gasteiger partial charge in [-0.1, -0.05) is 0 Å². The third-order valence-corrected chi connectivity index (χ3v) is 5.11. The summed E-state index contributed by atoms with van der Waals surface area (Å²) >= 11 is 1.40. The van der Waals surface area contributed by atoms with Gasteiger partial charge < -0.3 is 11.1 Å². The number of nitrogens with one attached hydrogen (secondary N) is 1. The molecule has 2 aliphatic rings. The molecule has 0 radical (unpaired) electrons.